The van der Waals surface area contributed by atoms with Crippen molar-refractivity contribution in [1.82, 2.24) is 0 Å². The second kappa shape index (κ2) is 6.62. The molecule has 1 unspecified atom stereocenters. The molecule has 0 heterocycles. The molecule has 0 fully saturated rings. The van der Waals surface area contributed by atoms with Crippen molar-refractivity contribution in [3.8, 4) is 11.1 Å². The molecule has 0 aliphatic rings. The Morgan fingerprint density at radius 2 is 2.00 bits per heavy atom. The van der Waals surface area contributed by atoms with Crippen LogP contribution in [0.5, 0.6) is 0 Å². The summed E-state index contributed by atoms with van der Waals surface area (Å²) in [6, 6.07) is 8.22. The second-order valence-electron chi connectivity index (χ2n) is 5.34. The van der Waals surface area contributed by atoms with Gasteiger partial charge in [-0.2, -0.15) is 0 Å². The van der Waals surface area contributed by atoms with Gasteiger partial charge in [-0.1, -0.05) is 25.1 Å². The fraction of sp³-hybridized carbons (Fsp3) is 0.222. The van der Waals surface area contributed by atoms with Crippen molar-refractivity contribution in [3.63, 3.8) is 0 Å². The largest absolute Gasteiger partial charge is 0.405 e. The van der Waals surface area contributed by atoms with Gasteiger partial charge in [-0.3, -0.25) is 0 Å². The topological polar surface area (TPSA) is 78.1 Å². The van der Waals surface area contributed by atoms with E-state index in [4.69, 9.17) is 17.2 Å². The summed E-state index contributed by atoms with van der Waals surface area (Å²) in [5, 5.41) is 0. The van der Waals surface area contributed by atoms with Crippen molar-refractivity contribution in [1.29, 1.82) is 0 Å². The average molecular weight is 299 g/mol. The van der Waals surface area contributed by atoms with Crippen LogP contribution in [0, 0.1) is 5.82 Å². The van der Waals surface area contributed by atoms with Crippen molar-refractivity contribution >= 4 is 11.8 Å². The van der Waals surface area contributed by atoms with Crippen molar-refractivity contribution in [3.05, 3.63) is 59.0 Å². The Kier molecular flexibility index (Phi) is 4.83. The highest BCUT2D eigenvalue weighted by Gasteiger charge is 2.18. The summed E-state index contributed by atoms with van der Waals surface area (Å²) in [5.74, 6) is -0.303. The standard InChI is InChI=1S/C18H22FN3/c1-3-12-10-16(11(2)21)17(18(22)15(12)7-8-20)13-5-4-6-14(19)9-13/h4-11H,3,20-22H2,1-2H3/b8-7-. The summed E-state index contributed by atoms with van der Waals surface area (Å²) in [4.78, 5) is 0. The van der Waals surface area contributed by atoms with Gasteiger partial charge in [0.05, 0.1) is 0 Å². The zero-order valence-corrected chi connectivity index (χ0v) is 12.9. The van der Waals surface area contributed by atoms with Crippen molar-refractivity contribution < 1.29 is 4.39 Å². The van der Waals surface area contributed by atoms with Crippen LogP contribution in [0.25, 0.3) is 17.2 Å². The van der Waals surface area contributed by atoms with E-state index in [0.29, 0.717) is 5.69 Å². The number of rotatable bonds is 4. The van der Waals surface area contributed by atoms with Gasteiger partial charge >= 0.3 is 0 Å². The number of benzene rings is 2. The highest BCUT2D eigenvalue weighted by Crippen LogP contribution is 2.38. The van der Waals surface area contributed by atoms with Gasteiger partial charge in [-0.05, 0) is 54.4 Å². The van der Waals surface area contributed by atoms with Crippen LogP contribution in [0.2, 0.25) is 0 Å². The lowest BCUT2D eigenvalue weighted by atomic mass is 9.88. The molecule has 0 aliphatic carbocycles. The second-order valence-corrected chi connectivity index (χ2v) is 5.34. The summed E-state index contributed by atoms with van der Waals surface area (Å²) in [5.41, 5.74) is 23.0. The van der Waals surface area contributed by atoms with E-state index in [9.17, 15) is 4.39 Å². The number of nitrogens with two attached hydrogens (primary N) is 3. The van der Waals surface area contributed by atoms with Crippen LogP contribution in [0.1, 0.15) is 36.6 Å². The van der Waals surface area contributed by atoms with Crippen molar-refractivity contribution in [2.75, 3.05) is 5.73 Å². The van der Waals surface area contributed by atoms with E-state index >= 15 is 0 Å². The number of aryl methyl sites for hydroxylation is 1. The lowest BCUT2D eigenvalue weighted by Crippen LogP contribution is -2.11. The molecule has 0 aliphatic heterocycles. The predicted molar refractivity (Wildman–Crippen MR) is 91.5 cm³/mol. The first kappa shape index (κ1) is 16.0. The molecule has 0 radical (unpaired) electrons. The van der Waals surface area contributed by atoms with Gasteiger partial charge in [0.2, 0.25) is 0 Å². The van der Waals surface area contributed by atoms with Crippen molar-refractivity contribution in [2.24, 2.45) is 11.5 Å². The van der Waals surface area contributed by atoms with Crippen LogP contribution >= 0.6 is 0 Å². The molecule has 1 atom stereocenters. The molecular weight excluding hydrogens is 277 g/mol. The molecule has 22 heavy (non-hydrogen) atoms. The molecule has 2 rings (SSSR count). The summed E-state index contributed by atoms with van der Waals surface area (Å²) in [6.45, 7) is 3.95. The molecular formula is C18H22FN3. The maximum Gasteiger partial charge on any atom is 0.123 e. The molecule has 0 bridgehead atoms. The van der Waals surface area contributed by atoms with Crippen LogP contribution in [0.4, 0.5) is 10.1 Å². The predicted octanol–water partition coefficient (Wildman–Crippen LogP) is 3.59. The molecule has 6 N–H and O–H groups in total. The maximum absolute atomic E-state index is 13.6. The van der Waals surface area contributed by atoms with Gasteiger partial charge in [0, 0.05) is 22.9 Å². The first-order valence-electron chi connectivity index (χ1n) is 7.34. The summed E-state index contributed by atoms with van der Waals surface area (Å²) in [6.07, 6.45) is 4.06. The fourth-order valence-corrected chi connectivity index (χ4v) is 2.71. The minimum absolute atomic E-state index is 0.207. The number of hydrogen-bond donors (Lipinski definition) is 3. The van der Waals surface area contributed by atoms with Gasteiger partial charge in [-0.25, -0.2) is 4.39 Å². The van der Waals surface area contributed by atoms with E-state index in [1.165, 1.54) is 18.3 Å². The highest BCUT2D eigenvalue weighted by molar-refractivity contribution is 5.87. The van der Waals surface area contributed by atoms with E-state index < -0.39 is 0 Å². The number of anilines is 1. The molecule has 0 saturated carbocycles. The number of nitrogen functional groups attached to an aromatic ring is 1. The van der Waals surface area contributed by atoms with Crippen LogP contribution in [0.3, 0.4) is 0 Å². The average Bonchev–Trinajstić information content (AvgIpc) is 2.48. The SMILES string of the molecule is CCc1cc(C(C)N)c(-c2cccc(F)c2)c(N)c1/C=C\N. The van der Waals surface area contributed by atoms with E-state index in [1.54, 1.807) is 12.1 Å². The first-order chi connectivity index (χ1) is 10.5. The lowest BCUT2D eigenvalue weighted by molar-refractivity contribution is 0.628. The van der Waals surface area contributed by atoms with E-state index in [1.807, 2.05) is 19.1 Å². The van der Waals surface area contributed by atoms with E-state index in [0.717, 1.165) is 34.2 Å². The Bertz CT molecular complexity index is 706. The summed E-state index contributed by atoms with van der Waals surface area (Å²) < 4.78 is 13.6. The first-order valence-corrected chi connectivity index (χ1v) is 7.34. The quantitative estimate of drug-likeness (QED) is 0.755. The van der Waals surface area contributed by atoms with E-state index in [2.05, 4.69) is 6.92 Å². The van der Waals surface area contributed by atoms with Crippen molar-refractivity contribution in [2.45, 2.75) is 26.3 Å². The molecule has 0 saturated heterocycles. The molecule has 0 amide bonds. The third-order valence-electron chi connectivity index (χ3n) is 3.77. The fourth-order valence-electron chi connectivity index (χ4n) is 2.71. The van der Waals surface area contributed by atoms with Gasteiger partial charge in [-0.15, -0.1) is 0 Å². The van der Waals surface area contributed by atoms with Gasteiger partial charge in [0.15, 0.2) is 0 Å². The van der Waals surface area contributed by atoms with Crippen LogP contribution in [-0.2, 0) is 6.42 Å². The van der Waals surface area contributed by atoms with Gasteiger partial charge in [0.25, 0.3) is 0 Å². The number of halogens is 1. The molecule has 2 aromatic carbocycles. The Morgan fingerprint density at radius 3 is 2.55 bits per heavy atom. The third kappa shape index (κ3) is 2.97. The number of hydrogen-bond acceptors (Lipinski definition) is 3. The summed E-state index contributed by atoms with van der Waals surface area (Å²) in [7, 11) is 0. The Morgan fingerprint density at radius 1 is 1.27 bits per heavy atom. The Labute approximate surface area is 130 Å². The molecule has 3 nitrogen and oxygen atoms in total. The third-order valence-corrected chi connectivity index (χ3v) is 3.77. The van der Waals surface area contributed by atoms with Crippen LogP contribution in [0.15, 0.2) is 36.5 Å². The Balaban J connectivity index is 2.83. The smallest absolute Gasteiger partial charge is 0.123 e. The molecule has 4 heteroatoms. The molecule has 2 aromatic rings. The Hall–Kier alpha value is -2.33. The zero-order valence-electron chi connectivity index (χ0n) is 12.9. The monoisotopic (exact) mass is 299 g/mol. The lowest BCUT2D eigenvalue weighted by Gasteiger charge is -2.20. The molecule has 0 spiro atoms. The van der Waals surface area contributed by atoms with Crippen LogP contribution in [-0.4, -0.2) is 0 Å². The minimum Gasteiger partial charge on any atom is -0.405 e. The normalized spacial score (nSPS) is 12.7. The molecule has 116 valence electrons. The minimum atomic E-state index is -0.303. The summed E-state index contributed by atoms with van der Waals surface area (Å²) >= 11 is 0. The van der Waals surface area contributed by atoms with Gasteiger partial charge < -0.3 is 17.2 Å². The van der Waals surface area contributed by atoms with Crippen LogP contribution < -0.4 is 17.2 Å². The highest BCUT2D eigenvalue weighted by atomic mass is 19.1. The molecule has 0 aromatic heterocycles. The zero-order chi connectivity index (χ0) is 16.3. The van der Waals surface area contributed by atoms with Gasteiger partial charge in [0.1, 0.15) is 5.82 Å². The van der Waals surface area contributed by atoms with E-state index in [-0.39, 0.29) is 11.9 Å². The maximum atomic E-state index is 13.6.